The first-order valence-corrected chi connectivity index (χ1v) is 10.0. The number of benzene rings is 2. The normalized spacial score (nSPS) is 17.8. The van der Waals surface area contributed by atoms with Gasteiger partial charge in [0.1, 0.15) is 0 Å². The maximum absolute atomic E-state index is 6.07. The first-order valence-electron chi connectivity index (χ1n) is 8.42. The van der Waals surface area contributed by atoms with Crippen molar-refractivity contribution >= 4 is 30.0 Å². The summed E-state index contributed by atoms with van der Waals surface area (Å²) in [7, 11) is -0.320. The van der Waals surface area contributed by atoms with Crippen molar-refractivity contribution in [3.63, 3.8) is 0 Å². The Kier molecular flexibility index (Phi) is 6.25. The number of nitrogen functional groups attached to an aromatic ring is 1. The van der Waals surface area contributed by atoms with Crippen molar-refractivity contribution in [3.05, 3.63) is 48.5 Å². The van der Waals surface area contributed by atoms with Gasteiger partial charge in [0.2, 0.25) is 0 Å². The van der Waals surface area contributed by atoms with Crippen LogP contribution in [0.15, 0.2) is 48.5 Å². The molecule has 0 unspecified atom stereocenters. The summed E-state index contributed by atoms with van der Waals surface area (Å²) in [5, 5.41) is 0. The lowest BCUT2D eigenvalue weighted by atomic mass is 9.78. The molecule has 3 rings (SSSR count). The molecule has 1 aliphatic heterocycles. The largest absolute Gasteiger partial charge is 0.494 e. The molecule has 134 valence electrons. The standard InChI is InChI=1S/C18H22BNO2.C2H6S/c1-17(2)18(3,4)22-19(21-17)15-10-8-13(9-11-15)14-6-5-7-16(20)12-14;1-3-2/h5-12H,20H2,1-4H3;1-2H3. The van der Waals surface area contributed by atoms with E-state index in [1.807, 2.05) is 30.7 Å². The molecule has 1 heterocycles. The summed E-state index contributed by atoms with van der Waals surface area (Å²) in [5.74, 6) is 0. The highest BCUT2D eigenvalue weighted by molar-refractivity contribution is 7.97. The minimum atomic E-state index is -0.320. The molecule has 1 aliphatic rings. The molecular weight excluding hydrogens is 329 g/mol. The summed E-state index contributed by atoms with van der Waals surface area (Å²) in [4.78, 5) is 0. The van der Waals surface area contributed by atoms with Crippen molar-refractivity contribution in [2.45, 2.75) is 38.9 Å². The van der Waals surface area contributed by atoms with Crippen molar-refractivity contribution in [3.8, 4) is 11.1 Å². The van der Waals surface area contributed by atoms with Gasteiger partial charge >= 0.3 is 7.12 Å². The summed E-state index contributed by atoms with van der Waals surface area (Å²) in [6.45, 7) is 8.25. The molecule has 0 bridgehead atoms. The van der Waals surface area contributed by atoms with Crippen LogP contribution in [0.2, 0.25) is 0 Å². The molecule has 0 aromatic heterocycles. The van der Waals surface area contributed by atoms with E-state index in [4.69, 9.17) is 15.0 Å². The summed E-state index contributed by atoms with van der Waals surface area (Å²) in [6, 6.07) is 16.2. The van der Waals surface area contributed by atoms with Crippen LogP contribution in [-0.4, -0.2) is 30.8 Å². The van der Waals surface area contributed by atoms with Gasteiger partial charge in [0.15, 0.2) is 0 Å². The van der Waals surface area contributed by atoms with E-state index in [0.717, 1.165) is 22.3 Å². The number of nitrogens with two attached hydrogens (primary N) is 1. The molecule has 1 saturated heterocycles. The Bertz CT molecular complexity index is 685. The van der Waals surface area contributed by atoms with E-state index in [1.165, 1.54) is 0 Å². The predicted octanol–water partition coefficient (Wildman–Crippen LogP) is 4.21. The highest BCUT2D eigenvalue weighted by atomic mass is 32.2. The fourth-order valence-corrected chi connectivity index (χ4v) is 2.53. The molecule has 3 nitrogen and oxygen atoms in total. The van der Waals surface area contributed by atoms with E-state index in [-0.39, 0.29) is 18.3 Å². The van der Waals surface area contributed by atoms with Crippen molar-refractivity contribution in [2.75, 3.05) is 18.2 Å². The second-order valence-corrected chi connectivity index (χ2v) is 8.06. The predicted molar refractivity (Wildman–Crippen MR) is 111 cm³/mol. The SMILES string of the molecule is CC1(C)OB(c2ccc(-c3cccc(N)c3)cc2)OC1(C)C.CSC. The third-order valence-corrected chi connectivity index (χ3v) is 4.66. The van der Waals surface area contributed by atoms with Crippen LogP contribution < -0.4 is 11.2 Å². The fourth-order valence-electron chi connectivity index (χ4n) is 2.53. The van der Waals surface area contributed by atoms with E-state index in [2.05, 4.69) is 58.0 Å². The number of hydrogen-bond acceptors (Lipinski definition) is 4. The quantitative estimate of drug-likeness (QED) is 0.646. The van der Waals surface area contributed by atoms with Crippen LogP contribution in [-0.2, 0) is 9.31 Å². The molecule has 0 atom stereocenters. The van der Waals surface area contributed by atoms with Crippen molar-refractivity contribution in [1.29, 1.82) is 0 Å². The molecule has 0 amide bonds. The first-order chi connectivity index (χ1) is 11.7. The molecule has 1 fully saturated rings. The van der Waals surface area contributed by atoms with Crippen molar-refractivity contribution < 1.29 is 9.31 Å². The molecule has 2 N–H and O–H groups in total. The summed E-state index contributed by atoms with van der Waals surface area (Å²) < 4.78 is 12.1. The highest BCUT2D eigenvalue weighted by Crippen LogP contribution is 2.36. The average molecular weight is 357 g/mol. The maximum atomic E-state index is 6.07. The molecule has 25 heavy (non-hydrogen) atoms. The highest BCUT2D eigenvalue weighted by Gasteiger charge is 2.51. The molecule has 2 aromatic rings. The minimum Gasteiger partial charge on any atom is -0.399 e. The number of anilines is 1. The van der Waals surface area contributed by atoms with Crippen LogP contribution >= 0.6 is 11.8 Å². The minimum absolute atomic E-state index is 0.315. The Morgan fingerprint density at radius 2 is 1.36 bits per heavy atom. The second kappa shape index (κ2) is 7.86. The summed E-state index contributed by atoms with van der Waals surface area (Å²) in [5.41, 5.74) is 9.26. The monoisotopic (exact) mass is 357 g/mol. The van der Waals surface area contributed by atoms with Crippen molar-refractivity contribution in [1.82, 2.24) is 0 Å². The van der Waals surface area contributed by atoms with Gasteiger partial charge in [0.05, 0.1) is 11.2 Å². The van der Waals surface area contributed by atoms with E-state index in [0.29, 0.717) is 0 Å². The topological polar surface area (TPSA) is 44.5 Å². The molecule has 0 saturated carbocycles. The zero-order valence-electron chi connectivity index (χ0n) is 16.0. The number of rotatable bonds is 2. The second-order valence-electron chi connectivity index (χ2n) is 7.24. The summed E-state index contributed by atoms with van der Waals surface area (Å²) in [6.07, 6.45) is 4.08. The van der Waals surface area contributed by atoms with Crippen LogP contribution in [0.3, 0.4) is 0 Å². The Labute approximate surface area is 156 Å². The third kappa shape index (κ3) is 4.60. The molecule has 0 aliphatic carbocycles. The number of hydrogen-bond donors (Lipinski definition) is 1. The Morgan fingerprint density at radius 3 is 1.84 bits per heavy atom. The fraction of sp³-hybridized carbons (Fsp3) is 0.400. The van der Waals surface area contributed by atoms with E-state index in [9.17, 15) is 0 Å². The zero-order valence-corrected chi connectivity index (χ0v) is 16.8. The van der Waals surface area contributed by atoms with Gasteiger partial charge in [-0.3, -0.25) is 0 Å². The van der Waals surface area contributed by atoms with Gasteiger partial charge in [-0.2, -0.15) is 11.8 Å². The molecular formula is C20H28BNO2S. The Balaban J connectivity index is 0.000000701. The molecule has 5 heteroatoms. The summed E-state index contributed by atoms with van der Waals surface area (Å²) >= 11 is 1.75. The van der Waals surface area contributed by atoms with Gasteiger partial charge in [-0.15, -0.1) is 0 Å². The Morgan fingerprint density at radius 1 is 0.840 bits per heavy atom. The van der Waals surface area contributed by atoms with Gasteiger partial charge in [-0.1, -0.05) is 36.4 Å². The van der Waals surface area contributed by atoms with Gasteiger partial charge in [-0.05, 0) is 68.9 Å². The van der Waals surface area contributed by atoms with Crippen molar-refractivity contribution in [2.24, 2.45) is 0 Å². The average Bonchev–Trinajstić information content (AvgIpc) is 2.76. The van der Waals surface area contributed by atoms with Crippen LogP contribution in [0.5, 0.6) is 0 Å². The van der Waals surface area contributed by atoms with Gasteiger partial charge in [-0.25, -0.2) is 0 Å². The molecule has 0 spiro atoms. The van der Waals surface area contributed by atoms with Crippen LogP contribution in [0.4, 0.5) is 5.69 Å². The van der Waals surface area contributed by atoms with Gasteiger partial charge in [0, 0.05) is 5.69 Å². The van der Waals surface area contributed by atoms with Crippen LogP contribution in [0, 0.1) is 0 Å². The lowest BCUT2D eigenvalue weighted by Crippen LogP contribution is -2.41. The van der Waals surface area contributed by atoms with E-state index in [1.54, 1.807) is 11.8 Å². The van der Waals surface area contributed by atoms with Crippen LogP contribution in [0.1, 0.15) is 27.7 Å². The van der Waals surface area contributed by atoms with Gasteiger partial charge in [0.25, 0.3) is 0 Å². The maximum Gasteiger partial charge on any atom is 0.494 e. The smallest absolute Gasteiger partial charge is 0.399 e. The van der Waals surface area contributed by atoms with E-state index >= 15 is 0 Å². The molecule has 2 aromatic carbocycles. The lowest BCUT2D eigenvalue weighted by Gasteiger charge is -2.32. The number of thioether (sulfide) groups is 1. The molecule has 0 radical (unpaired) electrons. The van der Waals surface area contributed by atoms with E-state index < -0.39 is 0 Å². The lowest BCUT2D eigenvalue weighted by molar-refractivity contribution is 0.00578. The first kappa shape index (κ1) is 19.9. The van der Waals surface area contributed by atoms with Gasteiger partial charge < -0.3 is 15.0 Å². The Hall–Kier alpha value is -1.43. The third-order valence-electron chi connectivity index (χ3n) is 4.66. The van der Waals surface area contributed by atoms with Crippen LogP contribution in [0.25, 0.3) is 11.1 Å². The zero-order chi connectivity index (χ0) is 18.7.